The predicted octanol–water partition coefficient (Wildman–Crippen LogP) is 5.89. The van der Waals surface area contributed by atoms with Crippen molar-refractivity contribution in [2.75, 3.05) is 4.90 Å². The van der Waals surface area contributed by atoms with Crippen molar-refractivity contribution in [2.24, 2.45) is 16.3 Å². The van der Waals surface area contributed by atoms with Crippen LogP contribution in [-0.4, -0.2) is 33.4 Å². The van der Waals surface area contributed by atoms with Crippen LogP contribution in [0.15, 0.2) is 70.1 Å². The highest BCUT2D eigenvalue weighted by Crippen LogP contribution is 2.49. The number of nitro benzene ring substituents is 1. The number of benzene rings is 2. The minimum atomic E-state index is -1.11. The largest absolute Gasteiger partial charge is 0.481 e. The maximum absolute atomic E-state index is 13.7. The Hall–Kier alpha value is -4.60. The number of anilines is 1. The molecule has 0 spiro atoms. The monoisotopic (exact) mass is 529 g/mol. The van der Waals surface area contributed by atoms with Gasteiger partial charge in [-0.3, -0.25) is 34.4 Å². The lowest BCUT2D eigenvalue weighted by Crippen LogP contribution is -2.47. The molecule has 0 bridgehead atoms. The molecule has 10 heteroatoms. The molecule has 2 atom stereocenters. The van der Waals surface area contributed by atoms with Gasteiger partial charge in [0.2, 0.25) is 5.91 Å². The lowest BCUT2D eigenvalue weighted by Gasteiger charge is -2.39. The number of hydrogen-bond acceptors (Lipinski definition) is 7. The number of fused-ring (bicyclic) bond motifs is 2. The first kappa shape index (κ1) is 26.0. The number of carboxylic acids is 1. The van der Waals surface area contributed by atoms with Crippen LogP contribution in [0.25, 0.3) is 11.3 Å². The molecule has 2 unspecified atom stereocenters. The lowest BCUT2D eigenvalue weighted by molar-refractivity contribution is -0.384. The van der Waals surface area contributed by atoms with Crippen molar-refractivity contribution in [2.45, 2.75) is 45.6 Å². The molecular formula is C29H27N3O7. The molecule has 0 saturated heterocycles. The van der Waals surface area contributed by atoms with Gasteiger partial charge < -0.3 is 9.52 Å². The number of aliphatic imine (C=N–C) groups is 1. The first-order valence-electron chi connectivity index (χ1n) is 12.6. The third kappa shape index (κ3) is 5.09. The molecule has 1 fully saturated rings. The number of nitro groups is 1. The van der Waals surface area contributed by atoms with E-state index in [1.165, 1.54) is 17.0 Å². The summed E-state index contributed by atoms with van der Waals surface area (Å²) in [7, 11) is 0. The SMILES string of the molecule is CC1(C)CC(=O)C2C(=Nc3ccccc3N(C(=O)CCC(=O)O)C2c2ccc(-c3cccc([N+](=O)[O-])c3)o2)C1. The van der Waals surface area contributed by atoms with Crippen molar-refractivity contribution in [3.05, 3.63) is 76.5 Å². The molecule has 39 heavy (non-hydrogen) atoms. The number of carbonyl (C=O) groups excluding carboxylic acids is 2. The number of carbonyl (C=O) groups is 3. The van der Waals surface area contributed by atoms with Crippen molar-refractivity contribution in [1.82, 2.24) is 0 Å². The molecule has 1 aliphatic carbocycles. The van der Waals surface area contributed by atoms with Crippen LogP contribution in [0.2, 0.25) is 0 Å². The fraction of sp³-hybridized carbons (Fsp3) is 0.310. The zero-order chi connectivity index (χ0) is 27.9. The van der Waals surface area contributed by atoms with Gasteiger partial charge in [0, 0.05) is 36.2 Å². The van der Waals surface area contributed by atoms with Gasteiger partial charge in [-0.2, -0.15) is 0 Å². The van der Waals surface area contributed by atoms with Crippen LogP contribution in [-0.2, 0) is 14.4 Å². The summed E-state index contributed by atoms with van der Waals surface area (Å²) in [5.74, 6) is -1.83. The Morgan fingerprint density at radius 3 is 2.62 bits per heavy atom. The van der Waals surface area contributed by atoms with E-state index in [2.05, 4.69) is 0 Å². The Bertz CT molecular complexity index is 1520. The number of furan rings is 1. The number of rotatable bonds is 6. The average Bonchev–Trinajstić information content (AvgIpc) is 3.31. The molecule has 1 aliphatic heterocycles. The van der Waals surface area contributed by atoms with Crippen molar-refractivity contribution in [3.8, 4) is 11.3 Å². The molecule has 1 aromatic heterocycles. The first-order valence-corrected chi connectivity index (χ1v) is 12.6. The predicted molar refractivity (Wildman–Crippen MR) is 143 cm³/mol. The molecular weight excluding hydrogens is 502 g/mol. The number of ketones is 1. The number of carboxylic acid groups (broad SMARTS) is 1. The van der Waals surface area contributed by atoms with Gasteiger partial charge in [0.25, 0.3) is 5.69 Å². The van der Waals surface area contributed by atoms with E-state index in [1.54, 1.807) is 48.5 Å². The third-order valence-corrected chi connectivity index (χ3v) is 7.10. The fourth-order valence-electron chi connectivity index (χ4n) is 5.47. The summed E-state index contributed by atoms with van der Waals surface area (Å²) in [4.78, 5) is 55.9. The quantitative estimate of drug-likeness (QED) is 0.310. The van der Waals surface area contributed by atoms with Crippen molar-refractivity contribution >= 4 is 40.4 Å². The Kier molecular flexibility index (Phi) is 6.63. The highest BCUT2D eigenvalue weighted by molar-refractivity contribution is 6.13. The molecule has 0 radical (unpaired) electrons. The molecule has 10 nitrogen and oxygen atoms in total. The number of nitrogens with zero attached hydrogens (tertiary/aromatic N) is 3. The summed E-state index contributed by atoms with van der Waals surface area (Å²) < 4.78 is 6.23. The zero-order valence-corrected chi connectivity index (χ0v) is 21.5. The second-order valence-electron chi connectivity index (χ2n) is 10.7. The standard InChI is InChI=1S/C29H27N3O7/c1-29(2)15-20-27(22(33)16-29)28(24-11-10-23(39-24)17-6-5-7-18(14-17)32(37)38)31(25(34)12-13-26(35)36)21-9-4-3-8-19(21)30-20/h3-11,14,27-28H,12-13,15-16H2,1-2H3,(H,35,36). The third-order valence-electron chi connectivity index (χ3n) is 7.10. The van der Waals surface area contributed by atoms with Gasteiger partial charge >= 0.3 is 5.97 Å². The molecule has 5 rings (SSSR count). The van der Waals surface area contributed by atoms with Gasteiger partial charge in [-0.25, -0.2) is 0 Å². The summed E-state index contributed by atoms with van der Waals surface area (Å²) in [6.45, 7) is 4.00. The average molecular weight is 530 g/mol. The minimum absolute atomic E-state index is 0.0906. The molecule has 2 aliphatic rings. The number of non-ortho nitro benzene ring substituents is 1. The second kappa shape index (κ2) is 9.94. The first-order chi connectivity index (χ1) is 18.5. The van der Waals surface area contributed by atoms with Gasteiger partial charge in [-0.15, -0.1) is 0 Å². The molecule has 200 valence electrons. The van der Waals surface area contributed by atoms with E-state index in [4.69, 9.17) is 9.41 Å². The molecule has 1 saturated carbocycles. The van der Waals surface area contributed by atoms with E-state index in [-0.39, 0.29) is 36.1 Å². The Labute approximate surface area is 224 Å². The summed E-state index contributed by atoms with van der Waals surface area (Å²) >= 11 is 0. The Morgan fingerprint density at radius 2 is 1.87 bits per heavy atom. The summed E-state index contributed by atoms with van der Waals surface area (Å²) in [5, 5.41) is 20.6. The van der Waals surface area contributed by atoms with Crippen molar-refractivity contribution in [1.29, 1.82) is 0 Å². The van der Waals surface area contributed by atoms with E-state index >= 15 is 0 Å². The summed E-state index contributed by atoms with van der Waals surface area (Å²) in [6.07, 6.45) is 0.157. The van der Waals surface area contributed by atoms with Crippen molar-refractivity contribution in [3.63, 3.8) is 0 Å². The maximum atomic E-state index is 13.7. The molecule has 1 N–H and O–H groups in total. The normalized spacial score (nSPS) is 19.9. The van der Waals surface area contributed by atoms with E-state index in [1.807, 2.05) is 13.8 Å². The van der Waals surface area contributed by atoms with E-state index in [9.17, 15) is 29.6 Å². The minimum Gasteiger partial charge on any atom is -0.481 e. The smallest absolute Gasteiger partial charge is 0.303 e. The summed E-state index contributed by atoms with van der Waals surface area (Å²) in [5.41, 5.74) is 1.65. The van der Waals surface area contributed by atoms with Gasteiger partial charge in [-0.05, 0) is 36.1 Å². The maximum Gasteiger partial charge on any atom is 0.303 e. The lowest BCUT2D eigenvalue weighted by atomic mass is 9.68. The molecule has 2 aromatic carbocycles. The molecule has 2 heterocycles. The van der Waals surface area contributed by atoms with Gasteiger partial charge in [0.05, 0.1) is 28.6 Å². The zero-order valence-electron chi connectivity index (χ0n) is 21.5. The van der Waals surface area contributed by atoms with E-state index in [0.717, 1.165) is 0 Å². The van der Waals surface area contributed by atoms with Gasteiger partial charge in [0.15, 0.2) is 0 Å². The summed E-state index contributed by atoms with van der Waals surface area (Å²) in [6, 6.07) is 15.4. The highest BCUT2D eigenvalue weighted by atomic mass is 16.6. The number of hydrogen-bond donors (Lipinski definition) is 1. The molecule has 1 amide bonds. The second-order valence-corrected chi connectivity index (χ2v) is 10.7. The van der Waals surface area contributed by atoms with Crippen LogP contribution in [0, 0.1) is 21.4 Å². The number of amides is 1. The van der Waals surface area contributed by atoms with Crippen LogP contribution in [0.3, 0.4) is 0 Å². The van der Waals surface area contributed by atoms with Crippen LogP contribution >= 0.6 is 0 Å². The van der Waals surface area contributed by atoms with Crippen LogP contribution in [0.5, 0.6) is 0 Å². The van der Waals surface area contributed by atoms with Crippen molar-refractivity contribution < 1.29 is 28.8 Å². The van der Waals surface area contributed by atoms with Gasteiger partial charge in [-0.1, -0.05) is 38.1 Å². The van der Waals surface area contributed by atoms with Crippen LogP contribution in [0.1, 0.15) is 51.3 Å². The van der Waals surface area contributed by atoms with E-state index < -0.39 is 28.8 Å². The van der Waals surface area contributed by atoms with Crippen LogP contribution < -0.4 is 4.90 Å². The highest BCUT2D eigenvalue weighted by Gasteiger charge is 2.49. The molecule has 3 aromatic rings. The van der Waals surface area contributed by atoms with Crippen LogP contribution in [0.4, 0.5) is 17.1 Å². The van der Waals surface area contributed by atoms with E-state index in [0.29, 0.717) is 40.6 Å². The fourth-order valence-corrected chi connectivity index (χ4v) is 5.47. The number of Topliss-reactive ketones (excluding diaryl/α,β-unsaturated/α-hetero) is 1. The Balaban J connectivity index is 1.67. The Morgan fingerprint density at radius 1 is 1.10 bits per heavy atom. The van der Waals surface area contributed by atoms with Gasteiger partial charge in [0.1, 0.15) is 23.3 Å². The number of aliphatic carboxylic acids is 1. The number of para-hydroxylation sites is 2. The topological polar surface area (TPSA) is 143 Å².